The summed E-state index contributed by atoms with van der Waals surface area (Å²) >= 11 is 0. The van der Waals surface area contributed by atoms with Gasteiger partial charge in [-0.25, -0.2) is 15.0 Å². The minimum absolute atomic E-state index is 0.00588. The summed E-state index contributed by atoms with van der Waals surface area (Å²) in [7, 11) is 1.52. The fourth-order valence-corrected chi connectivity index (χ4v) is 2.59. The van der Waals surface area contributed by atoms with E-state index in [1.54, 1.807) is 18.3 Å². The van der Waals surface area contributed by atoms with E-state index in [1.807, 2.05) is 0 Å². The van der Waals surface area contributed by atoms with Crippen LogP contribution in [0, 0.1) is 0 Å². The van der Waals surface area contributed by atoms with Crippen LogP contribution in [-0.4, -0.2) is 53.3 Å². The predicted octanol–water partition coefficient (Wildman–Crippen LogP) is 0.251. The third-order valence-corrected chi connectivity index (χ3v) is 3.95. The molecule has 2 aromatic heterocycles. The van der Waals surface area contributed by atoms with Crippen LogP contribution in [0.25, 0.3) is 0 Å². The monoisotopic (exact) mass is 359 g/mol. The number of hydrogen-bond acceptors (Lipinski definition) is 9. The molecule has 138 valence electrons. The topological polar surface area (TPSA) is 150 Å². The molecule has 1 fully saturated rings. The number of rotatable bonds is 6. The molecule has 0 unspecified atom stereocenters. The van der Waals surface area contributed by atoms with E-state index in [0.29, 0.717) is 30.6 Å². The highest BCUT2D eigenvalue weighted by molar-refractivity contribution is 5.96. The molecule has 1 amide bonds. The maximum Gasteiger partial charge on any atom is 0.271 e. The van der Waals surface area contributed by atoms with Gasteiger partial charge in [-0.05, 0) is 12.5 Å². The molecule has 0 spiro atoms. The Morgan fingerprint density at radius 1 is 1.42 bits per heavy atom. The third-order valence-electron chi connectivity index (χ3n) is 3.95. The van der Waals surface area contributed by atoms with E-state index in [9.17, 15) is 4.79 Å². The van der Waals surface area contributed by atoms with Crippen molar-refractivity contribution in [2.45, 2.75) is 18.5 Å². The highest BCUT2D eigenvalue weighted by Gasteiger charge is 2.23. The largest absolute Gasteiger partial charge is 0.481 e. The maximum absolute atomic E-state index is 11.7. The number of primary amides is 1. The Morgan fingerprint density at radius 2 is 2.27 bits per heavy atom. The third kappa shape index (κ3) is 4.16. The van der Waals surface area contributed by atoms with E-state index < -0.39 is 5.91 Å². The molecule has 10 heteroatoms. The first-order valence-corrected chi connectivity index (χ1v) is 8.10. The molecule has 0 radical (unpaired) electrons. The van der Waals surface area contributed by atoms with E-state index in [2.05, 4.69) is 25.6 Å². The van der Waals surface area contributed by atoms with Gasteiger partial charge in [-0.15, -0.1) is 0 Å². The Morgan fingerprint density at radius 3 is 3.00 bits per heavy atom. The number of nitrogens with one attached hydrogen (secondary N) is 2. The summed E-state index contributed by atoms with van der Waals surface area (Å²) in [6.07, 6.45) is 3.78. The summed E-state index contributed by atoms with van der Waals surface area (Å²) in [6, 6.07) is 3.23. The van der Waals surface area contributed by atoms with Crippen LogP contribution in [0.5, 0.6) is 5.88 Å². The second-order valence-electron chi connectivity index (χ2n) is 5.81. The fraction of sp³-hybridized carbons (Fsp3) is 0.375. The minimum Gasteiger partial charge on any atom is -0.481 e. The number of nitrogens with two attached hydrogens (primary N) is 2. The van der Waals surface area contributed by atoms with Crippen molar-refractivity contribution >= 4 is 23.2 Å². The normalized spacial score (nSPS) is 19.6. The van der Waals surface area contributed by atoms with Gasteiger partial charge >= 0.3 is 0 Å². The number of carbonyl (C=O) groups is 1. The molecule has 0 aromatic carbocycles. The summed E-state index contributed by atoms with van der Waals surface area (Å²) in [4.78, 5) is 24.3. The van der Waals surface area contributed by atoms with Gasteiger partial charge < -0.3 is 31.6 Å². The van der Waals surface area contributed by atoms with Gasteiger partial charge in [0.05, 0.1) is 19.9 Å². The van der Waals surface area contributed by atoms with Crippen LogP contribution in [0.2, 0.25) is 0 Å². The van der Waals surface area contributed by atoms with E-state index >= 15 is 0 Å². The zero-order valence-corrected chi connectivity index (χ0v) is 14.3. The first-order chi connectivity index (χ1) is 12.6. The van der Waals surface area contributed by atoms with Gasteiger partial charge in [0.15, 0.2) is 11.5 Å². The molecular weight excluding hydrogens is 338 g/mol. The smallest absolute Gasteiger partial charge is 0.271 e. The highest BCUT2D eigenvalue weighted by atomic mass is 16.5. The van der Waals surface area contributed by atoms with Crippen LogP contribution < -0.4 is 26.8 Å². The lowest BCUT2D eigenvalue weighted by atomic mass is 10.0. The van der Waals surface area contributed by atoms with Crippen molar-refractivity contribution in [1.82, 2.24) is 15.0 Å². The quantitative estimate of drug-likeness (QED) is 0.569. The van der Waals surface area contributed by atoms with Crippen molar-refractivity contribution in [2.75, 3.05) is 31.0 Å². The maximum atomic E-state index is 11.7. The standard InChI is InChI=1S/C16H21N7O3/c1-25-13-6-9(2-4-19-13)21-16-14(15(18)24)20-7-12(23-16)22-11-3-5-26-8-10(11)17/h2,4,6-7,10-11H,3,5,8,17H2,1H3,(H2,18,24)(H2,19,21,22,23)/t10-,11+/m0/s1. The second-order valence-corrected chi connectivity index (χ2v) is 5.81. The Balaban J connectivity index is 1.85. The first-order valence-electron chi connectivity index (χ1n) is 8.10. The van der Waals surface area contributed by atoms with Crippen molar-refractivity contribution in [1.29, 1.82) is 0 Å². The van der Waals surface area contributed by atoms with E-state index in [0.717, 1.165) is 6.42 Å². The number of ether oxygens (including phenoxy) is 2. The van der Waals surface area contributed by atoms with Crippen molar-refractivity contribution < 1.29 is 14.3 Å². The summed E-state index contributed by atoms with van der Waals surface area (Å²) < 4.78 is 10.4. The van der Waals surface area contributed by atoms with Crippen molar-refractivity contribution in [3.05, 3.63) is 30.2 Å². The van der Waals surface area contributed by atoms with Crippen LogP contribution in [0.3, 0.4) is 0 Å². The lowest BCUT2D eigenvalue weighted by Gasteiger charge is -2.29. The summed E-state index contributed by atoms with van der Waals surface area (Å²) in [5.41, 5.74) is 12.1. The average Bonchev–Trinajstić information content (AvgIpc) is 2.64. The van der Waals surface area contributed by atoms with Gasteiger partial charge in [-0.1, -0.05) is 0 Å². The van der Waals surface area contributed by atoms with Gasteiger partial charge in [-0.2, -0.15) is 0 Å². The fourth-order valence-electron chi connectivity index (χ4n) is 2.59. The molecule has 10 nitrogen and oxygen atoms in total. The molecule has 0 aliphatic carbocycles. The number of anilines is 3. The first kappa shape index (κ1) is 17.8. The van der Waals surface area contributed by atoms with Gasteiger partial charge in [0.2, 0.25) is 5.88 Å². The van der Waals surface area contributed by atoms with Crippen LogP contribution in [0.4, 0.5) is 17.3 Å². The minimum atomic E-state index is -0.685. The van der Waals surface area contributed by atoms with Gasteiger partial charge in [0.25, 0.3) is 5.91 Å². The number of aromatic nitrogens is 3. The molecule has 1 aliphatic rings. The summed E-state index contributed by atoms with van der Waals surface area (Å²) in [5.74, 6) is 0.457. The zero-order chi connectivity index (χ0) is 18.5. The molecule has 2 atom stereocenters. The average molecular weight is 359 g/mol. The SMILES string of the molecule is COc1cc(Nc2nc(N[C@@H]3CCOC[C@@H]3N)cnc2C(N)=O)ccn1. The van der Waals surface area contributed by atoms with E-state index in [1.165, 1.54) is 13.3 Å². The molecule has 26 heavy (non-hydrogen) atoms. The number of nitrogens with zero attached hydrogens (tertiary/aromatic N) is 3. The second kappa shape index (κ2) is 7.93. The highest BCUT2D eigenvalue weighted by Crippen LogP contribution is 2.22. The van der Waals surface area contributed by atoms with Crippen LogP contribution in [-0.2, 0) is 4.74 Å². The van der Waals surface area contributed by atoms with Crippen molar-refractivity contribution in [3.63, 3.8) is 0 Å². The lowest BCUT2D eigenvalue weighted by Crippen LogP contribution is -2.47. The molecule has 3 rings (SSSR count). The number of carbonyl (C=O) groups excluding carboxylic acids is 1. The number of hydrogen-bond donors (Lipinski definition) is 4. The Bertz CT molecular complexity index is 786. The predicted molar refractivity (Wildman–Crippen MR) is 95.4 cm³/mol. The molecule has 2 aromatic rings. The van der Waals surface area contributed by atoms with Gasteiger partial charge in [0, 0.05) is 36.6 Å². The molecule has 0 bridgehead atoms. The number of methoxy groups -OCH3 is 1. The van der Waals surface area contributed by atoms with E-state index in [-0.39, 0.29) is 23.6 Å². The molecule has 6 N–H and O–H groups in total. The molecule has 1 aliphatic heterocycles. The Hall–Kier alpha value is -2.98. The van der Waals surface area contributed by atoms with Crippen LogP contribution in [0.15, 0.2) is 24.5 Å². The van der Waals surface area contributed by atoms with Crippen molar-refractivity contribution in [2.24, 2.45) is 11.5 Å². The molecular formula is C16H21N7O3. The van der Waals surface area contributed by atoms with Crippen molar-refractivity contribution in [3.8, 4) is 5.88 Å². The van der Waals surface area contributed by atoms with Gasteiger partial charge in [0.1, 0.15) is 5.82 Å². The Labute approximate surface area is 150 Å². The molecule has 0 saturated carbocycles. The molecule has 1 saturated heterocycles. The lowest BCUT2D eigenvalue weighted by molar-refractivity contribution is 0.0752. The van der Waals surface area contributed by atoms with Crippen LogP contribution >= 0.6 is 0 Å². The van der Waals surface area contributed by atoms with E-state index in [4.69, 9.17) is 20.9 Å². The van der Waals surface area contributed by atoms with Crippen LogP contribution in [0.1, 0.15) is 16.9 Å². The number of amides is 1. The summed E-state index contributed by atoms with van der Waals surface area (Å²) in [6.45, 7) is 1.10. The molecule has 3 heterocycles. The zero-order valence-electron chi connectivity index (χ0n) is 14.3. The summed E-state index contributed by atoms with van der Waals surface area (Å²) in [5, 5.41) is 6.26. The Kier molecular flexibility index (Phi) is 5.44. The van der Waals surface area contributed by atoms with Gasteiger partial charge in [-0.3, -0.25) is 4.79 Å². The number of pyridine rings is 1.